The van der Waals surface area contributed by atoms with Crippen LogP contribution < -0.4 is 10.3 Å². The van der Waals surface area contributed by atoms with E-state index in [1.807, 2.05) is 4.98 Å². The van der Waals surface area contributed by atoms with E-state index in [0.717, 1.165) is 6.20 Å². The number of aromatic nitrogens is 1. The highest BCUT2D eigenvalue weighted by molar-refractivity contribution is 5.77. The minimum atomic E-state index is -5.13. The molecule has 1 aromatic rings. The normalized spacial score (nSPS) is 11.2. The van der Waals surface area contributed by atoms with Gasteiger partial charge in [-0.3, -0.25) is 9.59 Å². The van der Waals surface area contributed by atoms with Gasteiger partial charge in [-0.25, -0.2) is 4.39 Å². The maximum absolute atomic E-state index is 12.4. The lowest BCUT2D eigenvalue weighted by Gasteiger charge is -2.11. The number of hydrogen-bond acceptors (Lipinski definition) is 3. The van der Waals surface area contributed by atoms with Crippen molar-refractivity contribution in [3.8, 4) is 5.75 Å². The van der Waals surface area contributed by atoms with Crippen LogP contribution in [-0.4, -0.2) is 17.6 Å². The zero-order valence-electron chi connectivity index (χ0n) is 7.60. The number of H-pyrrole nitrogens is 1. The Kier molecular flexibility index (Phi) is 3.31. The van der Waals surface area contributed by atoms with Crippen LogP contribution >= 0.6 is 0 Å². The molecule has 88 valence electrons. The third kappa shape index (κ3) is 2.59. The van der Waals surface area contributed by atoms with Gasteiger partial charge in [0.15, 0.2) is 6.29 Å². The molecule has 8 heteroatoms. The number of carbonyl (C=O) groups is 1. The lowest BCUT2D eigenvalue weighted by atomic mass is 10.1. The standard InChI is InChI=1S/C8H5F4NO3/c9-1-5-4(3-14)2-13-7(15)6(5)16-8(10,11)12/h2-3H,1H2,(H,13,15). The highest BCUT2D eigenvalue weighted by atomic mass is 19.4. The van der Waals surface area contributed by atoms with E-state index in [9.17, 15) is 27.2 Å². The Morgan fingerprint density at radius 1 is 1.44 bits per heavy atom. The second-order valence-corrected chi connectivity index (χ2v) is 2.68. The van der Waals surface area contributed by atoms with Crippen molar-refractivity contribution in [1.82, 2.24) is 4.98 Å². The molecule has 0 amide bonds. The molecule has 0 aliphatic carbocycles. The zero-order valence-corrected chi connectivity index (χ0v) is 7.60. The summed E-state index contributed by atoms with van der Waals surface area (Å²) in [5.74, 6) is -1.25. The Bertz CT molecular complexity index is 452. The van der Waals surface area contributed by atoms with Crippen LogP contribution in [0.25, 0.3) is 0 Å². The first-order valence-corrected chi connectivity index (χ1v) is 3.90. The first-order valence-electron chi connectivity index (χ1n) is 3.90. The van der Waals surface area contributed by atoms with Gasteiger partial charge >= 0.3 is 6.36 Å². The van der Waals surface area contributed by atoms with E-state index < -0.39 is 35.5 Å². The Morgan fingerprint density at radius 2 is 2.06 bits per heavy atom. The number of halogens is 4. The predicted octanol–water partition coefficient (Wildman–Crippen LogP) is 1.56. The van der Waals surface area contributed by atoms with E-state index in [1.54, 1.807) is 0 Å². The number of carbonyl (C=O) groups excluding carboxylic acids is 1. The number of ether oxygens (including phenoxy) is 1. The maximum atomic E-state index is 12.4. The third-order valence-electron chi connectivity index (χ3n) is 1.67. The van der Waals surface area contributed by atoms with Crippen LogP contribution in [0, 0.1) is 0 Å². The molecule has 0 atom stereocenters. The minimum absolute atomic E-state index is 0.119. The minimum Gasteiger partial charge on any atom is -0.399 e. The summed E-state index contributed by atoms with van der Waals surface area (Å²) in [6.07, 6.45) is -4.19. The van der Waals surface area contributed by atoms with Gasteiger partial charge < -0.3 is 9.72 Å². The van der Waals surface area contributed by atoms with Gasteiger partial charge in [-0.05, 0) is 0 Å². The van der Waals surface area contributed by atoms with E-state index in [2.05, 4.69) is 4.74 Å². The fourth-order valence-electron chi connectivity index (χ4n) is 1.03. The molecule has 4 nitrogen and oxygen atoms in total. The van der Waals surface area contributed by atoms with Gasteiger partial charge in [-0.15, -0.1) is 13.2 Å². The third-order valence-corrected chi connectivity index (χ3v) is 1.67. The van der Waals surface area contributed by atoms with Crippen molar-refractivity contribution in [2.45, 2.75) is 13.0 Å². The van der Waals surface area contributed by atoms with Crippen molar-refractivity contribution in [3.05, 3.63) is 27.7 Å². The number of aromatic amines is 1. The average Bonchev–Trinajstić information content (AvgIpc) is 2.19. The fraction of sp³-hybridized carbons (Fsp3) is 0.250. The van der Waals surface area contributed by atoms with Crippen LogP contribution in [0.1, 0.15) is 15.9 Å². The summed E-state index contributed by atoms with van der Waals surface area (Å²) in [4.78, 5) is 23.2. The lowest BCUT2D eigenvalue weighted by molar-refractivity contribution is -0.275. The van der Waals surface area contributed by atoms with Crippen LogP contribution in [0.5, 0.6) is 5.75 Å². The Labute approximate surface area is 85.8 Å². The molecule has 0 aliphatic heterocycles. The number of hydrogen-bond donors (Lipinski definition) is 1. The number of aldehydes is 1. The summed E-state index contributed by atoms with van der Waals surface area (Å²) in [5.41, 5.74) is -2.38. The fourth-order valence-corrected chi connectivity index (χ4v) is 1.03. The monoisotopic (exact) mass is 239 g/mol. The molecule has 0 saturated carbocycles. The van der Waals surface area contributed by atoms with Gasteiger partial charge in [-0.1, -0.05) is 0 Å². The molecular weight excluding hydrogens is 234 g/mol. The molecule has 1 heterocycles. The molecular formula is C8H5F4NO3. The van der Waals surface area contributed by atoms with Gasteiger partial charge in [-0.2, -0.15) is 0 Å². The van der Waals surface area contributed by atoms with Crippen molar-refractivity contribution >= 4 is 6.29 Å². The van der Waals surface area contributed by atoms with E-state index in [0.29, 0.717) is 0 Å². The van der Waals surface area contributed by atoms with Crippen LogP contribution in [0.3, 0.4) is 0 Å². The van der Waals surface area contributed by atoms with Gasteiger partial charge in [0, 0.05) is 17.3 Å². The average molecular weight is 239 g/mol. The van der Waals surface area contributed by atoms with E-state index in [1.165, 1.54) is 0 Å². The first kappa shape index (κ1) is 12.2. The second kappa shape index (κ2) is 4.33. The molecule has 1 aromatic heterocycles. The van der Waals surface area contributed by atoms with Crippen LogP contribution in [0.4, 0.5) is 17.6 Å². The molecule has 1 N–H and O–H groups in total. The topological polar surface area (TPSA) is 59.2 Å². The highest BCUT2D eigenvalue weighted by Crippen LogP contribution is 2.24. The van der Waals surface area contributed by atoms with Crippen molar-refractivity contribution < 1.29 is 27.1 Å². The van der Waals surface area contributed by atoms with Gasteiger partial charge in [0.2, 0.25) is 5.75 Å². The molecule has 0 bridgehead atoms. The number of rotatable bonds is 3. The number of pyridine rings is 1. The van der Waals surface area contributed by atoms with Crippen LogP contribution in [-0.2, 0) is 6.67 Å². The molecule has 0 saturated heterocycles. The van der Waals surface area contributed by atoms with Gasteiger partial charge in [0.05, 0.1) is 0 Å². The van der Waals surface area contributed by atoms with Crippen molar-refractivity contribution in [3.63, 3.8) is 0 Å². The van der Waals surface area contributed by atoms with Crippen molar-refractivity contribution in [2.75, 3.05) is 0 Å². The zero-order chi connectivity index (χ0) is 12.3. The largest absolute Gasteiger partial charge is 0.573 e. The molecule has 0 spiro atoms. The van der Waals surface area contributed by atoms with Crippen LogP contribution in [0.15, 0.2) is 11.0 Å². The number of nitrogens with one attached hydrogen (secondary N) is 1. The molecule has 16 heavy (non-hydrogen) atoms. The van der Waals surface area contributed by atoms with Crippen molar-refractivity contribution in [2.24, 2.45) is 0 Å². The predicted molar refractivity (Wildman–Crippen MR) is 43.9 cm³/mol. The van der Waals surface area contributed by atoms with E-state index in [4.69, 9.17) is 0 Å². The SMILES string of the molecule is O=Cc1c[nH]c(=O)c(OC(F)(F)F)c1CF. The van der Waals surface area contributed by atoms with Gasteiger partial charge in [0.25, 0.3) is 5.56 Å². The Hall–Kier alpha value is -1.86. The molecule has 0 unspecified atom stereocenters. The van der Waals surface area contributed by atoms with Gasteiger partial charge in [0.1, 0.15) is 6.67 Å². The summed E-state index contributed by atoms with van der Waals surface area (Å²) < 4.78 is 51.4. The lowest BCUT2D eigenvalue weighted by Crippen LogP contribution is -2.24. The summed E-state index contributed by atoms with van der Waals surface area (Å²) in [6.45, 7) is -1.41. The summed E-state index contributed by atoms with van der Waals surface area (Å²) in [7, 11) is 0. The molecule has 0 aliphatic rings. The molecule has 0 fully saturated rings. The summed E-state index contributed by atoms with van der Waals surface area (Å²) >= 11 is 0. The smallest absolute Gasteiger partial charge is 0.399 e. The molecule has 0 radical (unpaired) electrons. The van der Waals surface area contributed by atoms with E-state index >= 15 is 0 Å². The summed E-state index contributed by atoms with van der Waals surface area (Å²) in [5, 5.41) is 0. The second-order valence-electron chi connectivity index (χ2n) is 2.68. The quantitative estimate of drug-likeness (QED) is 0.643. The van der Waals surface area contributed by atoms with Crippen LogP contribution in [0.2, 0.25) is 0 Å². The summed E-state index contributed by atoms with van der Waals surface area (Å²) in [6, 6.07) is 0. The first-order chi connectivity index (χ1) is 7.39. The Balaban J connectivity index is 3.35. The van der Waals surface area contributed by atoms with E-state index in [-0.39, 0.29) is 6.29 Å². The maximum Gasteiger partial charge on any atom is 0.573 e. The highest BCUT2D eigenvalue weighted by Gasteiger charge is 2.34. The van der Waals surface area contributed by atoms with Crippen molar-refractivity contribution in [1.29, 1.82) is 0 Å². The Morgan fingerprint density at radius 3 is 2.50 bits per heavy atom. The number of alkyl halides is 4. The molecule has 1 rings (SSSR count). The molecule has 0 aromatic carbocycles.